The standard InChI is InChI=1S/C24H17F4NO3/c25-20-6-2-1-4-15(20)14-32-22-9-8-17(24(26,27)28)12-16(22)13-29-11-10-18-19(23(30)31)5-3-7-21(18)29/h1-12H,13-14H2,(H,30,31). The Morgan fingerprint density at radius 2 is 1.75 bits per heavy atom. The van der Waals surface area contributed by atoms with Crippen LogP contribution >= 0.6 is 0 Å². The molecule has 1 N–H and O–H groups in total. The number of carboxylic acids is 1. The number of aromatic nitrogens is 1. The molecule has 1 heterocycles. The Labute approximate surface area is 180 Å². The lowest BCUT2D eigenvalue weighted by molar-refractivity contribution is -0.137. The molecule has 0 radical (unpaired) electrons. The van der Waals surface area contributed by atoms with Crippen molar-refractivity contribution in [3.63, 3.8) is 0 Å². The molecule has 0 aliphatic carbocycles. The van der Waals surface area contributed by atoms with Gasteiger partial charge in [-0.05, 0) is 42.5 Å². The number of carbonyl (C=O) groups is 1. The predicted molar refractivity (Wildman–Crippen MR) is 110 cm³/mol. The van der Waals surface area contributed by atoms with E-state index in [0.29, 0.717) is 10.9 Å². The second-order valence-corrected chi connectivity index (χ2v) is 7.19. The van der Waals surface area contributed by atoms with E-state index in [1.54, 1.807) is 35.0 Å². The van der Waals surface area contributed by atoms with E-state index in [-0.39, 0.29) is 35.6 Å². The molecule has 0 aliphatic rings. The Kier molecular flexibility index (Phi) is 5.61. The smallest absolute Gasteiger partial charge is 0.416 e. The molecule has 0 saturated carbocycles. The van der Waals surface area contributed by atoms with Crippen molar-refractivity contribution in [1.29, 1.82) is 0 Å². The maximum absolute atomic E-state index is 13.9. The first-order valence-electron chi connectivity index (χ1n) is 9.61. The van der Waals surface area contributed by atoms with Crippen LogP contribution in [0.2, 0.25) is 0 Å². The molecule has 0 unspecified atom stereocenters. The average Bonchev–Trinajstić information content (AvgIpc) is 3.16. The summed E-state index contributed by atoms with van der Waals surface area (Å²) in [7, 11) is 0. The van der Waals surface area contributed by atoms with Gasteiger partial charge in [-0.1, -0.05) is 24.3 Å². The molecule has 32 heavy (non-hydrogen) atoms. The highest BCUT2D eigenvalue weighted by Crippen LogP contribution is 2.34. The lowest BCUT2D eigenvalue weighted by atomic mass is 10.1. The van der Waals surface area contributed by atoms with E-state index in [9.17, 15) is 27.5 Å². The summed E-state index contributed by atoms with van der Waals surface area (Å²) in [5, 5.41) is 9.84. The minimum atomic E-state index is -4.55. The molecule has 1 aromatic heterocycles. The molecular weight excluding hydrogens is 426 g/mol. The second kappa shape index (κ2) is 8.37. The maximum Gasteiger partial charge on any atom is 0.416 e. The lowest BCUT2D eigenvalue weighted by Crippen LogP contribution is -2.09. The molecule has 0 amide bonds. The van der Waals surface area contributed by atoms with Crippen LogP contribution in [0.25, 0.3) is 10.9 Å². The third-order valence-electron chi connectivity index (χ3n) is 5.11. The SMILES string of the molecule is O=C(O)c1cccc2c1ccn2Cc1cc(C(F)(F)F)ccc1OCc1ccccc1F. The van der Waals surface area contributed by atoms with Crippen LogP contribution in [0, 0.1) is 5.82 Å². The highest BCUT2D eigenvalue weighted by atomic mass is 19.4. The third kappa shape index (κ3) is 4.30. The summed E-state index contributed by atoms with van der Waals surface area (Å²) >= 11 is 0. The minimum absolute atomic E-state index is 0.00307. The number of halogens is 4. The van der Waals surface area contributed by atoms with Gasteiger partial charge in [0.05, 0.1) is 17.7 Å². The van der Waals surface area contributed by atoms with Gasteiger partial charge in [0.1, 0.15) is 18.2 Å². The summed E-state index contributed by atoms with van der Waals surface area (Å²) in [5.74, 6) is -1.39. The van der Waals surface area contributed by atoms with E-state index < -0.39 is 23.5 Å². The Balaban J connectivity index is 1.71. The van der Waals surface area contributed by atoms with E-state index in [1.807, 2.05) is 0 Å². The molecule has 3 aromatic carbocycles. The Hall–Kier alpha value is -3.81. The summed E-state index contributed by atoms with van der Waals surface area (Å²) in [6, 6.07) is 15.4. The fourth-order valence-corrected chi connectivity index (χ4v) is 3.52. The number of alkyl halides is 3. The zero-order chi connectivity index (χ0) is 22.9. The van der Waals surface area contributed by atoms with E-state index in [1.165, 1.54) is 30.3 Å². The van der Waals surface area contributed by atoms with E-state index in [4.69, 9.17) is 4.74 Å². The van der Waals surface area contributed by atoms with E-state index in [2.05, 4.69) is 0 Å². The Morgan fingerprint density at radius 1 is 0.969 bits per heavy atom. The van der Waals surface area contributed by atoms with Gasteiger partial charge in [-0.3, -0.25) is 0 Å². The van der Waals surface area contributed by atoms with Crippen molar-refractivity contribution in [2.24, 2.45) is 0 Å². The van der Waals surface area contributed by atoms with Crippen LogP contribution in [-0.2, 0) is 19.3 Å². The zero-order valence-electron chi connectivity index (χ0n) is 16.6. The topological polar surface area (TPSA) is 51.5 Å². The summed E-state index contributed by atoms with van der Waals surface area (Å²) in [6.07, 6.45) is -2.94. The number of rotatable bonds is 6. The number of ether oxygens (including phenoxy) is 1. The number of aromatic carboxylic acids is 1. The first-order valence-corrected chi connectivity index (χ1v) is 9.61. The first-order chi connectivity index (χ1) is 15.2. The van der Waals surface area contributed by atoms with Crippen molar-refractivity contribution in [3.05, 3.63) is 101 Å². The van der Waals surface area contributed by atoms with Gasteiger partial charge in [0.2, 0.25) is 0 Å². The van der Waals surface area contributed by atoms with Crippen molar-refractivity contribution in [3.8, 4) is 5.75 Å². The van der Waals surface area contributed by atoms with Gasteiger partial charge in [0.15, 0.2) is 0 Å². The highest BCUT2D eigenvalue weighted by Gasteiger charge is 2.31. The highest BCUT2D eigenvalue weighted by molar-refractivity contribution is 6.03. The number of carboxylic acid groups (broad SMARTS) is 1. The number of benzene rings is 3. The molecule has 4 rings (SSSR count). The van der Waals surface area contributed by atoms with E-state index >= 15 is 0 Å². The van der Waals surface area contributed by atoms with Crippen LogP contribution in [-0.4, -0.2) is 15.6 Å². The van der Waals surface area contributed by atoms with Crippen LogP contribution in [0.5, 0.6) is 5.75 Å². The number of nitrogens with zero attached hydrogens (tertiary/aromatic N) is 1. The molecule has 0 saturated heterocycles. The van der Waals surface area contributed by atoms with Gasteiger partial charge in [-0.2, -0.15) is 13.2 Å². The van der Waals surface area contributed by atoms with Gasteiger partial charge in [0.25, 0.3) is 0 Å². The van der Waals surface area contributed by atoms with Crippen molar-refractivity contribution in [2.45, 2.75) is 19.3 Å². The summed E-state index contributed by atoms with van der Waals surface area (Å²) in [6.45, 7) is -0.149. The summed E-state index contributed by atoms with van der Waals surface area (Å²) in [4.78, 5) is 11.5. The van der Waals surface area contributed by atoms with E-state index in [0.717, 1.165) is 12.1 Å². The average molecular weight is 443 g/mol. The molecule has 4 nitrogen and oxygen atoms in total. The van der Waals surface area contributed by atoms with Crippen LogP contribution in [0.3, 0.4) is 0 Å². The van der Waals surface area contributed by atoms with Crippen LogP contribution in [0.4, 0.5) is 17.6 Å². The molecular formula is C24H17F4NO3. The minimum Gasteiger partial charge on any atom is -0.488 e. The fraction of sp³-hybridized carbons (Fsp3) is 0.125. The van der Waals surface area contributed by atoms with Crippen molar-refractivity contribution >= 4 is 16.9 Å². The molecule has 0 aliphatic heterocycles. The van der Waals surface area contributed by atoms with Gasteiger partial charge < -0.3 is 14.4 Å². The fourth-order valence-electron chi connectivity index (χ4n) is 3.52. The quantitative estimate of drug-likeness (QED) is 0.365. The molecule has 4 aromatic rings. The maximum atomic E-state index is 13.9. The number of hydrogen-bond donors (Lipinski definition) is 1. The van der Waals surface area contributed by atoms with Gasteiger partial charge in [-0.25, -0.2) is 9.18 Å². The van der Waals surface area contributed by atoms with Crippen LogP contribution in [0.15, 0.2) is 72.9 Å². The van der Waals surface area contributed by atoms with Crippen LogP contribution < -0.4 is 4.74 Å². The molecule has 0 spiro atoms. The normalized spacial score (nSPS) is 11.6. The monoisotopic (exact) mass is 443 g/mol. The van der Waals surface area contributed by atoms with Gasteiger partial charge in [0, 0.05) is 28.2 Å². The van der Waals surface area contributed by atoms with Crippen LogP contribution in [0.1, 0.15) is 27.0 Å². The molecule has 164 valence electrons. The molecule has 0 fully saturated rings. The van der Waals surface area contributed by atoms with Crippen molar-refractivity contribution in [2.75, 3.05) is 0 Å². The molecule has 8 heteroatoms. The number of fused-ring (bicyclic) bond motifs is 1. The predicted octanol–water partition coefficient (Wildman–Crippen LogP) is 6.12. The lowest BCUT2D eigenvalue weighted by Gasteiger charge is -2.16. The second-order valence-electron chi connectivity index (χ2n) is 7.19. The van der Waals surface area contributed by atoms with Crippen molar-refractivity contribution < 1.29 is 32.2 Å². The van der Waals surface area contributed by atoms with Gasteiger partial charge in [-0.15, -0.1) is 0 Å². The van der Waals surface area contributed by atoms with Crippen molar-refractivity contribution in [1.82, 2.24) is 4.57 Å². The summed E-state index contributed by atoms with van der Waals surface area (Å²) < 4.78 is 61.2. The molecule has 0 atom stereocenters. The largest absolute Gasteiger partial charge is 0.488 e. The third-order valence-corrected chi connectivity index (χ3v) is 5.11. The number of hydrogen-bond acceptors (Lipinski definition) is 2. The Morgan fingerprint density at radius 3 is 2.47 bits per heavy atom. The molecule has 0 bridgehead atoms. The first kappa shape index (κ1) is 21.4. The summed E-state index contributed by atoms with van der Waals surface area (Å²) in [5.41, 5.74) is 0.322. The Bertz CT molecular complexity index is 1290. The zero-order valence-corrected chi connectivity index (χ0v) is 16.6. The van der Waals surface area contributed by atoms with Gasteiger partial charge >= 0.3 is 12.1 Å².